The Kier molecular flexibility index (Phi) is 5.68. The molecule has 4 nitrogen and oxygen atoms in total. The molecule has 0 amide bonds. The van der Waals surface area contributed by atoms with Gasteiger partial charge in [0.05, 0.1) is 23.4 Å². The number of ether oxygens (including phenoxy) is 1. The van der Waals surface area contributed by atoms with E-state index in [1.54, 1.807) is 24.3 Å². The van der Waals surface area contributed by atoms with Crippen molar-refractivity contribution < 1.29 is 14.6 Å². The summed E-state index contributed by atoms with van der Waals surface area (Å²) in [6.07, 6.45) is 0.975. The quantitative estimate of drug-likeness (QED) is 0.378. The molecule has 0 aliphatic heterocycles. The van der Waals surface area contributed by atoms with Crippen molar-refractivity contribution in [2.24, 2.45) is 0 Å². The van der Waals surface area contributed by atoms with Gasteiger partial charge in [-0.2, -0.15) is 0 Å². The number of carboxylic acid groups (broad SMARTS) is 1. The number of nitrogens with zero attached hydrogens (tertiary/aromatic N) is 1. The third-order valence-electron chi connectivity index (χ3n) is 4.84. The van der Waals surface area contributed by atoms with Crippen LogP contribution in [-0.4, -0.2) is 22.7 Å². The highest BCUT2D eigenvalue weighted by Crippen LogP contribution is 2.29. The van der Waals surface area contributed by atoms with Crippen molar-refractivity contribution in [3.63, 3.8) is 0 Å². The van der Waals surface area contributed by atoms with Crippen molar-refractivity contribution in [3.05, 3.63) is 83.4 Å². The first kappa shape index (κ1) is 19.9. The minimum Gasteiger partial charge on any atom is -0.494 e. The molecule has 0 unspecified atom stereocenters. The van der Waals surface area contributed by atoms with Crippen molar-refractivity contribution in [3.8, 4) is 28.1 Å². The number of carboxylic acids is 1. The maximum Gasteiger partial charge on any atom is 0.336 e. The van der Waals surface area contributed by atoms with Gasteiger partial charge in [0.25, 0.3) is 0 Å². The van der Waals surface area contributed by atoms with Gasteiger partial charge in [-0.3, -0.25) is 0 Å². The van der Waals surface area contributed by atoms with Crippen LogP contribution >= 0.6 is 11.6 Å². The Hall–Kier alpha value is -3.37. The van der Waals surface area contributed by atoms with E-state index in [1.165, 1.54) is 0 Å². The van der Waals surface area contributed by atoms with Crippen LogP contribution < -0.4 is 4.74 Å². The number of fused-ring (bicyclic) bond motifs is 1. The van der Waals surface area contributed by atoms with E-state index in [-0.39, 0.29) is 5.56 Å². The van der Waals surface area contributed by atoms with E-state index in [9.17, 15) is 9.90 Å². The van der Waals surface area contributed by atoms with E-state index in [1.807, 2.05) is 48.5 Å². The second-order valence-corrected chi connectivity index (χ2v) is 7.41. The van der Waals surface area contributed by atoms with Crippen molar-refractivity contribution in [1.82, 2.24) is 4.98 Å². The largest absolute Gasteiger partial charge is 0.494 e. The molecule has 0 aliphatic rings. The second kappa shape index (κ2) is 8.56. The van der Waals surface area contributed by atoms with Crippen LogP contribution in [0.1, 0.15) is 23.7 Å². The van der Waals surface area contributed by atoms with E-state index in [0.29, 0.717) is 28.2 Å². The third-order valence-corrected chi connectivity index (χ3v) is 5.08. The minimum absolute atomic E-state index is 0.184. The van der Waals surface area contributed by atoms with Crippen molar-refractivity contribution >= 4 is 28.5 Å². The lowest BCUT2D eigenvalue weighted by atomic mass is 10.0. The topological polar surface area (TPSA) is 59.4 Å². The van der Waals surface area contributed by atoms with Crippen LogP contribution in [0.2, 0.25) is 5.02 Å². The molecule has 4 aromatic rings. The van der Waals surface area contributed by atoms with Crippen molar-refractivity contribution in [2.75, 3.05) is 6.61 Å². The zero-order valence-electron chi connectivity index (χ0n) is 16.4. The monoisotopic (exact) mass is 417 g/mol. The van der Waals surface area contributed by atoms with Gasteiger partial charge in [0.15, 0.2) is 0 Å². The minimum atomic E-state index is -1.01. The van der Waals surface area contributed by atoms with E-state index in [4.69, 9.17) is 16.3 Å². The summed E-state index contributed by atoms with van der Waals surface area (Å²) in [6.45, 7) is 2.78. The standard InChI is InChI=1S/C25H20ClNO3/c1-2-13-30-20-10-7-17(8-11-20)16-3-5-18(6-4-16)24-15-22(25(28)29)21-14-19(26)9-12-23(21)27-24/h3-12,14-15H,2,13H2,1H3,(H,28,29). The fourth-order valence-electron chi connectivity index (χ4n) is 3.32. The molecule has 0 atom stereocenters. The zero-order valence-corrected chi connectivity index (χ0v) is 17.2. The van der Waals surface area contributed by atoms with Gasteiger partial charge in [0.1, 0.15) is 5.75 Å². The van der Waals surface area contributed by atoms with Gasteiger partial charge in [0.2, 0.25) is 0 Å². The van der Waals surface area contributed by atoms with Gasteiger partial charge in [-0.25, -0.2) is 9.78 Å². The van der Waals surface area contributed by atoms with Crippen LogP contribution in [-0.2, 0) is 0 Å². The molecule has 1 heterocycles. The van der Waals surface area contributed by atoms with Crippen molar-refractivity contribution in [1.29, 1.82) is 0 Å². The average Bonchev–Trinajstić information content (AvgIpc) is 2.77. The normalized spacial score (nSPS) is 10.9. The Balaban J connectivity index is 1.66. The van der Waals surface area contributed by atoms with Crippen LogP contribution in [0.15, 0.2) is 72.8 Å². The van der Waals surface area contributed by atoms with Crippen LogP contribution in [0.25, 0.3) is 33.3 Å². The van der Waals surface area contributed by atoms with Crippen LogP contribution in [0.3, 0.4) is 0 Å². The van der Waals surface area contributed by atoms with E-state index >= 15 is 0 Å². The first-order valence-electron chi connectivity index (χ1n) is 9.72. The fraction of sp³-hybridized carbons (Fsp3) is 0.120. The molecule has 1 aromatic heterocycles. The number of pyridine rings is 1. The van der Waals surface area contributed by atoms with Crippen LogP contribution in [0, 0.1) is 0 Å². The lowest BCUT2D eigenvalue weighted by molar-refractivity contribution is 0.0699. The highest BCUT2D eigenvalue weighted by atomic mass is 35.5. The number of hydrogen-bond donors (Lipinski definition) is 1. The molecule has 5 heteroatoms. The lowest BCUT2D eigenvalue weighted by Crippen LogP contribution is -2.00. The molecular weight excluding hydrogens is 398 g/mol. The highest BCUT2D eigenvalue weighted by molar-refractivity contribution is 6.31. The molecule has 150 valence electrons. The number of aromatic carboxylic acids is 1. The maximum absolute atomic E-state index is 11.8. The van der Waals surface area contributed by atoms with Crippen LogP contribution in [0.4, 0.5) is 0 Å². The summed E-state index contributed by atoms with van der Waals surface area (Å²) >= 11 is 6.03. The lowest BCUT2D eigenvalue weighted by Gasteiger charge is -2.09. The summed E-state index contributed by atoms with van der Waals surface area (Å²) in [5, 5.41) is 10.6. The van der Waals surface area contributed by atoms with E-state index < -0.39 is 5.97 Å². The molecule has 0 radical (unpaired) electrons. The fourth-order valence-corrected chi connectivity index (χ4v) is 3.49. The molecule has 0 spiro atoms. The van der Waals surface area contributed by atoms with Crippen molar-refractivity contribution in [2.45, 2.75) is 13.3 Å². The Morgan fingerprint density at radius 1 is 0.933 bits per heavy atom. The molecule has 0 saturated carbocycles. The Morgan fingerprint density at radius 2 is 1.57 bits per heavy atom. The molecule has 4 rings (SSSR count). The summed E-state index contributed by atoms with van der Waals surface area (Å²) in [4.78, 5) is 16.4. The number of hydrogen-bond acceptors (Lipinski definition) is 3. The Bertz CT molecular complexity index is 1200. The highest BCUT2D eigenvalue weighted by Gasteiger charge is 2.13. The zero-order chi connectivity index (χ0) is 21.1. The van der Waals surface area contributed by atoms with Gasteiger partial charge in [-0.1, -0.05) is 54.9 Å². The Morgan fingerprint density at radius 3 is 2.20 bits per heavy atom. The van der Waals surface area contributed by atoms with Gasteiger partial charge in [-0.05, 0) is 53.9 Å². The van der Waals surface area contributed by atoms with Crippen LogP contribution in [0.5, 0.6) is 5.75 Å². The van der Waals surface area contributed by atoms with Gasteiger partial charge < -0.3 is 9.84 Å². The van der Waals surface area contributed by atoms with Gasteiger partial charge >= 0.3 is 5.97 Å². The first-order valence-corrected chi connectivity index (χ1v) is 10.1. The number of halogens is 1. The number of benzene rings is 3. The molecule has 30 heavy (non-hydrogen) atoms. The summed E-state index contributed by atoms with van der Waals surface area (Å²) < 4.78 is 5.63. The average molecular weight is 418 g/mol. The predicted octanol–water partition coefficient (Wildman–Crippen LogP) is 6.71. The molecule has 0 saturated heterocycles. The maximum atomic E-state index is 11.8. The van der Waals surface area contributed by atoms with E-state index in [2.05, 4.69) is 11.9 Å². The summed E-state index contributed by atoms with van der Waals surface area (Å²) in [6, 6.07) is 22.6. The van der Waals surface area contributed by atoms with Gasteiger partial charge in [-0.15, -0.1) is 0 Å². The van der Waals surface area contributed by atoms with E-state index in [0.717, 1.165) is 28.9 Å². The number of aromatic nitrogens is 1. The molecule has 0 bridgehead atoms. The molecule has 0 fully saturated rings. The van der Waals surface area contributed by atoms with Gasteiger partial charge in [0, 0.05) is 16.0 Å². The first-order chi connectivity index (χ1) is 14.5. The predicted molar refractivity (Wildman–Crippen MR) is 120 cm³/mol. The Labute approximate surface area is 179 Å². The molecule has 1 N–H and O–H groups in total. The molecule has 0 aliphatic carbocycles. The summed E-state index contributed by atoms with van der Waals surface area (Å²) in [5.41, 5.74) is 4.38. The summed E-state index contributed by atoms with van der Waals surface area (Å²) in [5.74, 6) is -0.146. The smallest absolute Gasteiger partial charge is 0.336 e. The molecular formula is C25H20ClNO3. The number of rotatable bonds is 6. The number of carbonyl (C=O) groups is 1. The molecule has 3 aromatic carbocycles. The third kappa shape index (κ3) is 4.14. The second-order valence-electron chi connectivity index (χ2n) is 6.97. The SMILES string of the molecule is CCCOc1ccc(-c2ccc(-c3cc(C(=O)O)c4cc(Cl)ccc4n3)cc2)cc1. The summed E-state index contributed by atoms with van der Waals surface area (Å²) in [7, 11) is 0.